The van der Waals surface area contributed by atoms with Crippen molar-refractivity contribution in [1.82, 2.24) is 9.55 Å². The Kier molecular flexibility index (Phi) is 12.7. The van der Waals surface area contributed by atoms with Gasteiger partial charge in [-0.15, -0.1) is 0 Å². The number of rotatable bonds is 11. The topological polar surface area (TPSA) is 160 Å². The summed E-state index contributed by atoms with van der Waals surface area (Å²) < 4.78 is 31.1. The first-order chi connectivity index (χ1) is 23.0. The molecule has 0 spiro atoms. The van der Waals surface area contributed by atoms with Gasteiger partial charge in [-0.1, -0.05) is 65.5 Å². The summed E-state index contributed by atoms with van der Waals surface area (Å²) in [7, 11) is -4.52. The van der Waals surface area contributed by atoms with Crippen molar-refractivity contribution in [2.24, 2.45) is 46.3 Å². The van der Waals surface area contributed by atoms with Crippen LogP contribution in [-0.4, -0.2) is 55.7 Å². The van der Waals surface area contributed by atoms with Gasteiger partial charge in [0.05, 0.1) is 24.9 Å². The van der Waals surface area contributed by atoms with E-state index in [4.69, 9.17) is 13.8 Å². The zero-order valence-electron chi connectivity index (χ0n) is 31.2. The number of aromatic amines is 1. The van der Waals surface area contributed by atoms with Crippen molar-refractivity contribution >= 4 is 7.82 Å². The van der Waals surface area contributed by atoms with E-state index >= 15 is 0 Å². The van der Waals surface area contributed by atoms with Crippen LogP contribution in [0, 0.1) is 53.3 Å². The maximum atomic E-state index is 13.1. The van der Waals surface area contributed by atoms with Gasteiger partial charge in [0.2, 0.25) is 0 Å². The Balaban J connectivity index is 0.00000486. The van der Waals surface area contributed by atoms with E-state index in [0.717, 1.165) is 24.3 Å². The summed E-state index contributed by atoms with van der Waals surface area (Å²) in [6, 6.07) is 0. The van der Waals surface area contributed by atoms with E-state index in [9.17, 15) is 29.3 Å². The predicted octanol–water partition coefficient (Wildman–Crippen LogP) is 3.01. The van der Waals surface area contributed by atoms with Gasteiger partial charge in [0.15, 0.2) is 0 Å². The molecule has 3 saturated carbocycles. The number of aliphatic hydroxyl groups is 2. The summed E-state index contributed by atoms with van der Waals surface area (Å²) >= 11 is 0. The van der Waals surface area contributed by atoms with E-state index in [1.807, 2.05) is 6.08 Å². The van der Waals surface area contributed by atoms with Gasteiger partial charge >= 0.3 is 43.1 Å². The van der Waals surface area contributed by atoms with Crippen molar-refractivity contribution < 1.29 is 63.0 Å². The fourth-order valence-corrected chi connectivity index (χ4v) is 11.9. The van der Waals surface area contributed by atoms with Gasteiger partial charge in [-0.25, -0.2) is 9.36 Å². The van der Waals surface area contributed by atoms with Gasteiger partial charge in [0.1, 0.15) is 12.3 Å². The largest absolute Gasteiger partial charge is 1.00 e. The second-order valence-corrected chi connectivity index (χ2v) is 18.5. The number of nitrogens with zero attached hydrogens (tertiary/aromatic N) is 1. The van der Waals surface area contributed by atoms with E-state index in [-0.39, 0.29) is 52.7 Å². The van der Waals surface area contributed by atoms with Crippen molar-refractivity contribution in [3.8, 4) is 0 Å². The molecule has 50 heavy (non-hydrogen) atoms. The minimum Gasteiger partial charge on any atom is -0.390 e. The van der Waals surface area contributed by atoms with E-state index in [2.05, 4.69) is 39.6 Å². The molecule has 6 rings (SSSR count). The van der Waals surface area contributed by atoms with E-state index in [1.165, 1.54) is 49.3 Å². The van der Waals surface area contributed by atoms with Gasteiger partial charge in [-0.2, -0.15) is 0 Å². The van der Waals surface area contributed by atoms with Crippen LogP contribution in [0.2, 0.25) is 0 Å². The number of aliphatic hydroxyl groups excluding tert-OH is 2. The quantitative estimate of drug-likeness (QED) is 0.153. The van der Waals surface area contributed by atoms with Crippen molar-refractivity contribution in [2.45, 2.75) is 143 Å². The number of aromatic nitrogens is 2. The SMILES string of the molecule is Cc1cn([C@H]2C[C@H](O)[C@@H](COP(=O)(O)OC3CCC4(C)C(=CC(O)C5C4CCC4(C)C(C(C)CCCC(C)C)CCC54)C3)O2)c(=O)[nH]c1=O.[Na+]. The molecule has 0 aromatic carbocycles. The molecule has 13 atom stereocenters. The molecule has 11 nitrogen and oxygen atoms in total. The maximum absolute atomic E-state index is 13.1. The zero-order chi connectivity index (χ0) is 35.5. The summed E-state index contributed by atoms with van der Waals surface area (Å²) in [4.78, 5) is 36.9. The van der Waals surface area contributed by atoms with Crippen LogP contribution in [0.25, 0.3) is 0 Å². The Labute approximate surface area is 318 Å². The molecule has 0 amide bonds. The normalized spacial score (nSPS) is 39.9. The fourth-order valence-electron chi connectivity index (χ4n) is 11.0. The molecule has 0 radical (unpaired) electrons. The molecule has 1 aromatic heterocycles. The van der Waals surface area contributed by atoms with Gasteiger partial charge in [0.25, 0.3) is 5.56 Å². The second kappa shape index (κ2) is 15.6. The first-order valence-electron chi connectivity index (χ1n) is 18.7. The molecule has 1 aromatic rings. The Bertz CT molecular complexity index is 1560. The number of phosphoric acid groups is 1. The van der Waals surface area contributed by atoms with Crippen LogP contribution in [-0.2, 0) is 18.3 Å². The van der Waals surface area contributed by atoms with Crippen LogP contribution in [0.4, 0.5) is 0 Å². The average Bonchev–Trinajstić information content (AvgIpc) is 3.57. The Morgan fingerprint density at radius 2 is 1.82 bits per heavy atom. The second-order valence-electron chi connectivity index (χ2n) is 17.1. The van der Waals surface area contributed by atoms with Crippen molar-refractivity contribution in [3.05, 3.63) is 44.2 Å². The van der Waals surface area contributed by atoms with Crippen LogP contribution in [0.15, 0.2) is 27.4 Å². The number of ether oxygens (including phenoxy) is 1. The summed E-state index contributed by atoms with van der Waals surface area (Å²) in [6.07, 6.45) is 9.99. The molecular weight excluding hydrogens is 670 g/mol. The Hall–Kier alpha value is -0.590. The van der Waals surface area contributed by atoms with Gasteiger partial charge < -0.3 is 19.8 Å². The van der Waals surface area contributed by atoms with Crippen LogP contribution in [0.1, 0.15) is 117 Å². The molecule has 276 valence electrons. The number of H-pyrrole nitrogens is 1. The molecule has 10 unspecified atom stereocenters. The van der Waals surface area contributed by atoms with E-state index in [1.54, 1.807) is 6.92 Å². The molecule has 13 heteroatoms. The molecule has 4 N–H and O–H groups in total. The minimum absolute atomic E-state index is 0. The molecule has 1 aliphatic heterocycles. The zero-order valence-corrected chi connectivity index (χ0v) is 34.1. The van der Waals surface area contributed by atoms with Crippen molar-refractivity contribution in [2.75, 3.05) is 6.61 Å². The summed E-state index contributed by atoms with van der Waals surface area (Å²) in [5, 5.41) is 22.3. The van der Waals surface area contributed by atoms with Gasteiger partial charge in [0, 0.05) is 18.2 Å². The Morgan fingerprint density at radius 3 is 2.54 bits per heavy atom. The van der Waals surface area contributed by atoms with Crippen LogP contribution >= 0.6 is 7.82 Å². The van der Waals surface area contributed by atoms with E-state index < -0.39 is 56.3 Å². The maximum Gasteiger partial charge on any atom is 1.00 e. The van der Waals surface area contributed by atoms with E-state index in [0.29, 0.717) is 42.1 Å². The predicted molar refractivity (Wildman–Crippen MR) is 186 cm³/mol. The van der Waals surface area contributed by atoms with Crippen LogP contribution in [0.3, 0.4) is 0 Å². The minimum atomic E-state index is -4.52. The molecule has 4 aliphatic carbocycles. The third-order valence-electron chi connectivity index (χ3n) is 13.6. The average molecular weight is 730 g/mol. The molecule has 0 bridgehead atoms. The van der Waals surface area contributed by atoms with Crippen molar-refractivity contribution in [1.29, 1.82) is 0 Å². The number of fused-ring (bicyclic) bond motifs is 5. The van der Waals surface area contributed by atoms with Gasteiger partial charge in [-0.3, -0.25) is 23.4 Å². The standard InChI is InChI=1S/C37H59N2O9P.Na/c1-21(2)8-7-9-22(3)26-10-11-27-33-28(13-15-37(26,27)6)36(5)14-12-25(16-24(36)17-30(33)41)48-49(44,45)46-20-31-29(40)18-32(47-31)39-19-23(4)34(42)38-35(39)43;/h17,19,21-22,25-33,40-41H,7-16,18,20H2,1-6H3,(H,44,45)(H,38,42,43);/q;+1/t22?,25?,26?,27?,28?,29-,30?,31+,32+,33?,36?,37?;/m0./s1. The molecule has 4 fully saturated rings. The smallest absolute Gasteiger partial charge is 0.390 e. The first kappa shape index (κ1) is 40.6. The fraction of sp³-hybridized carbons (Fsp3) is 0.838. The number of phosphoric ester groups is 1. The molecule has 5 aliphatic rings. The number of hydrogen-bond donors (Lipinski definition) is 4. The van der Waals surface area contributed by atoms with Crippen LogP contribution in [0.5, 0.6) is 0 Å². The molecular formula is C37H59N2NaO9P+. The third kappa shape index (κ3) is 7.94. The third-order valence-corrected chi connectivity index (χ3v) is 14.7. The number of nitrogens with one attached hydrogen (secondary N) is 1. The molecule has 2 heterocycles. The first-order valence-corrected chi connectivity index (χ1v) is 20.2. The monoisotopic (exact) mass is 729 g/mol. The summed E-state index contributed by atoms with van der Waals surface area (Å²) in [6.45, 7) is 13.1. The Morgan fingerprint density at radius 1 is 1.08 bits per heavy atom. The summed E-state index contributed by atoms with van der Waals surface area (Å²) in [5.41, 5.74) is 0.449. The van der Waals surface area contributed by atoms with Gasteiger partial charge in [-0.05, 0) is 98.2 Å². The molecule has 1 saturated heterocycles. The number of aryl methyl sites for hydroxylation is 1. The van der Waals surface area contributed by atoms with Crippen LogP contribution < -0.4 is 40.8 Å². The number of hydrogen-bond acceptors (Lipinski definition) is 8. The summed E-state index contributed by atoms with van der Waals surface area (Å²) in [5.74, 6) is 3.27. The van der Waals surface area contributed by atoms with Crippen molar-refractivity contribution in [3.63, 3.8) is 0 Å².